The SMILES string of the molecule is COC(=O)/C(C#N)=C/c1ccc(-c2ccc(F)cc2)s1. The van der Waals surface area contributed by atoms with Crippen molar-refractivity contribution < 1.29 is 13.9 Å². The molecule has 0 saturated carbocycles. The van der Waals surface area contributed by atoms with Gasteiger partial charge in [0.1, 0.15) is 17.5 Å². The number of nitriles is 1. The molecule has 0 aliphatic carbocycles. The summed E-state index contributed by atoms with van der Waals surface area (Å²) in [6.07, 6.45) is 1.48. The van der Waals surface area contributed by atoms with E-state index < -0.39 is 5.97 Å². The molecule has 2 aromatic rings. The Bertz CT molecular complexity index is 695. The van der Waals surface area contributed by atoms with Gasteiger partial charge in [0, 0.05) is 9.75 Å². The van der Waals surface area contributed by atoms with E-state index in [1.54, 1.807) is 24.3 Å². The maximum atomic E-state index is 12.9. The van der Waals surface area contributed by atoms with Crippen molar-refractivity contribution in [2.75, 3.05) is 7.11 Å². The normalized spacial score (nSPS) is 10.9. The lowest BCUT2D eigenvalue weighted by Gasteiger charge is -1.96. The summed E-state index contributed by atoms with van der Waals surface area (Å²) in [6.45, 7) is 0. The molecule has 0 unspecified atom stereocenters. The highest BCUT2D eigenvalue weighted by atomic mass is 32.1. The molecule has 20 heavy (non-hydrogen) atoms. The fourth-order valence-corrected chi connectivity index (χ4v) is 2.55. The minimum Gasteiger partial charge on any atom is -0.465 e. The van der Waals surface area contributed by atoms with Gasteiger partial charge < -0.3 is 4.74 Å². The molecule has 1 aromatic carbocycles. The van der Waals surface area contributed by atoms with Crippen LogP contribution in [0.5, 0.6) is 0 Å². The number of hydrogen-bond donors (Lipinski definition) is 0. The second-order valence-corrected chi connectivity index (χ2v) is 4.99. The van der Waals surface area contributed by atoms with Crippen molar-refractivity contribution in [3.05, 3.63) is 52.7 Å². The Morgan fingerprint density at radius 2 is 2.00 bits per heavy atom. The van der Waals surface area contributed by atoms with Crippen LogP contribution in [0.25, 0.3) is 16.5 Å². The molecule has 0 amide bonds. The van der Waals surface area contributed by atoms with Gasteiger partial charge in [0.05, 0.1) is 7.11 Å². The smallest absolute Gasteiger partial charge is 0.348 e. The first-order chi connectivity index (χ1) is 9.63. The van der Waals surface area contributed by atoms with Crippen LogP contribution in [0.3, 0.4) is 0 Å². The molecule has 0 saturated heterocycles. The van der Waals surface area contributed by atoms with Gasteiger partial charge in [-0.2, -0.15) is 5.26 Å². The molecular weight excluding hydrogens is 277 g/mol. The molecule has 5 heteroatoms. The maximum absolute atomic E-state index is 12.9. The largest absolute Gasteiger partial charge is 0.465 e. The van der Waals surface area contributed by atoms with Gasteiger partial charge in [-0.15, -0.1) is 11.3 Å². The van der Waals surface area contributed by atoms with Crippen molar-refractivity contribution in [3.63, 3.8) is 0 Å². The van der Waals surface area contributed by atoms with Crippen LogP contribution in [-0.2, 0) is 9.53 Å². The van der Waals surface area contributed by atoms with Crippen molar-refractivity contribution in [3.8, 4) is 16.5 Å². The summed E-state index contributed by atoms with van der Waals surface area (Å²) < 4.78 is 17.4. The second-order valence-electron chi connectivity index (χ2n) is 3.87. The number of hydrogen-bond acceptors (Lipinski definition) is 4. The van der Waals surface area contributed by atoms with E-state index in [9.17, 15) is 9.18 Å². The Morgan fingerprint density at radius 3 is 2.60 bits per heavy atom. The third kappa shape index (κ3) is 3.11. The number of nitrogens with zero attached hydrogens (tertiary/aromatic N) is 1. The number of methoxy groups -OCH3 is 1. The molecule has 3 nitrogen and oxygen atoms in total. The highest BCUT2D eigenvalue weighted by Gasteiger charge is 2.09. The van der Waals surface area contributed by atoms with Crippen molar-refractivity contribution in [2.45, 2.75) is 0 Å². The molecule has 100 valence electrons. The van der Waals surface area contributed by atoms with Gasteiger partial charge in [-0.05, 0) is 35.9 Å². The molecule has 0 aliphatic rings. The van der Waals surface area contributed by atoms with Crippen LogP contribution in [-0.4, -0.2) is 13.1 Å². The number of halogens is 1. The third-order valence-corrected chi connectivity index (χ3v) is 3.65. The number of benzene rings is 1. The number of carbonyl (C=O) groups is 1. The fraction of sp³-hybridized carbons (Fsp3) is 0.0667. The van der Waals surface area contributed by atoms with E-state index in [-0.39, 0.29) is 11.4 Å². The lowest BCUT2D eigenvalue weighted by atomic mass is 10.2. The quantitative estimate of drug-likeness (QED) is 0.492. The molecular formula is C15H10FNO2S. The molecule has 0 aliphatic heterocycles. The van der Waals surface area contributed by atoms with E-state index in [4.69, 9.17) is 5.26 Å². The Labute approximate surface area is 119 Å². The molecule has 0 atom stereocenters. The van der Waals surface area contributed by atoms with Crippen LogP contribution < -0.4 is 0 Å². The van der Waals surface area contributed by atoms with Gasteiger partial charge in [0.25, 0.3) is 0 Å². The number of rotatable bonds is 3. The lowest BCUT2D eigenvalue weighted by Crippen LogP contribution is -2.02. The highest BCUT2D eigenvalue weighted by Crippen LogP contribution is 2.29. The van der Waals surface area contributed by atoms with Crippen LogP contribution >= 0.6 is 11.3 Å². The highest BCUT2D eigenvalue weighted by molar-refractivity contribution is 7.16. The maximum Gasteiger partial charge on any atom is 0.348 e. The minimum absolute atomic E-state index is 0.0555. The van der Waals surface area contributed by atoms with Crippen LogP contribution in [0.15, 0.2) is 42.0 Å². The summed E-state index contributed by atoms with van der Waals surface area (Å²) in [4.78, 5) is 13.0. The lowest BCUT2D eigenvalue weighted by molar-refractivity contribution is -0.135. The van der Waals surface area contributed by atoms with Crippen LogP contribution in [0.4, 0.5) is 4.39 Å². The Balaban J connectivity index is 2.29. The fourth-order valence-electron chi connectivity index (χ4n) is 1.59. The molecule has 2 rings (SSSR count). The topological polar surface area (TPSA) is 50.1 Å². The predicted molar refractivity (Wildman–Crippen MR) is 75.3 cm³/mol. The van der Waals surface area contributed by atoms with Crippen molar-refractivity contribution in [1.82, 2.24) is 0 Å². The first-order valence-corrected chi connectivity index (χ1v) is 6.51. The third-order valence-electron chi connectivity index (χ3n) is 2.57. The molecule has 0 radical (unpaired) electrons. The average molecular weight is 287 g/mol. The summed E-state index contributed by atoms with van der Waals surface area (Å²) in [7, 11) is 1.23. The summed E-state index contributed by atoms with van der Waals surface area (Å²) in [5, 5.41) is 8.89. The van der Waals surface area contributed by atoms with Crippen molar-refractivity contribution in [2.24, 2.45) is 0 Å². The average Bonchev–Trinajstić information content (AvgIpc) is 2.93. The van der Waals surface area contributed by atoms with E-state index in [0.717, 1.165) is 15.3 Å². The minimum atomic E-state index is -0.663. The number of carbonyl (C=O) groups excluding carboxylic acids is 1. The zero-order chi connectivity index (χ0) is 14.5. The first kappa shape index (κ1) is 14.0. The number of thiophene rings is 1. The van der Waals surface area contributed by atoms with Crippen LogP contribution in [0.1, 0.15) is 4.88 Å². The molecule has 0 spiro atoms. The van der Waals surface area contributed by atoms with Gasteiger partial charge in [-0.1, -0.05) is 12.1 Å². The van der Waals surface area contributed by atoms with Crippen molar-refractivity contribution >= 4 is 23.4 Å². The standard InChI is InChI=1S/C15H10FNO2S/c1-19-15(18)11(9-17)8-13-6-7-14(20-13)10-2-4-12(16)5-3-10/h2-8H,1H3/b11-8+. The van der Waals surface area contributed by atoms with E-state index in [1.807, 2.05) is 6.07 Å². The molecule has 1 aromatic heterocycles. The van der Waals surface area contributed by atoms with Crippen molar-refractivity contribution in [1.29, 1.82) is 5.26 Å². The van der Waals surface area contributed by atoms with E-state index in [2.05, 4.69) is 4.74 Å². The zero-order valence-electron chi connectivity index (χ0n) is 10.6. The van der Waals surface area contributed by atoms with E-state index >= 15 is 0 Å². The molecule has 0 bridgehead atoms. The summed E-state index contributed by atoms with van der Waals surface area (Å²) in [5.41, 5.74) is 0.827. The van der Waals surface area contributed by atoms with Gasteiger partial charge in [0.15, 0.2) is 0 Å². The Hall–Kier alpha value is -2.45. The first-order valence-electron chi connectivity index (χ1n) is 5.70. The van der Waals surface area contributed by atoms with Gasteiger partial charge in [0.2, 0.25) is 0 Å². The van der Waals surface area contributed by atoms with Gasteiger partial charge in [-0.3, -0.25) is 0 Å². The number of esters is 1. The summed E-state index contributed by atoms with van der Waals surface area (Å²) in [6, 6.07) is 11.6. The second kappa shape index (κ2) is 6.13. The monoisotopic (exact) mass is 287 g/mol. The zero-order valence-corrected chi connectivity index (χ0v) is 11.4. The summed E-state index contributed by atoms with van der Waals surface area (Å²) >= 11 is 1.41. The molecule has 0 fully saturated rings. The van der Waals surface area contributed by atoms with Gasteiger partial charge in [-0.25, -0.2) is 9.18 Å². The number of ether oxygens (including phenoxy) is 1. The Kier molecular flexibility index (Phi) is 4.28. The Morgan fingerprint density at radius 1 is 1.30 bits per heavy atom. The molecule has 1 heterocycles. The predicted octanol–water partition coefficient (Wildman–Crippen LogP) is 3.63. The van der Waals surface area contributed by atoms with E-state index in [1.165, 1.54) is 36.7 Å². The molecule has 0 N–H and O–H groups in total. The van der Waals surface area contributed by atoms with Crippen LogP contribution in [0, 0.1) is 17.1 Å². The van der Waals surface area contributed by atoms with E-state index in [0.29, 0.717) is 0 Å². The van der Waals surface area contributed by atoms with Crippen LogP contribution in [0.2, 0.25) is 0 Å². The van der Waals surface area contributed by atoms with Gasteiger partial charge >= 0.3 is 5.97 Å². The summed E-state index contributed by atoms with van der Waals surface area (Å²) in [5.74, 6) is -0.952.